The fourth-order valence-corrected chi connectivity index (χ4v) is 5.24. The number of nitrogens with zero attached hydrogens (tertiary/aromatic N) is 2. The molecular formula is C30H34N2O2. The van der Waals surface area contributed by atoms with E-state index in [1.807, 2.05) is 6.07 Å². The van der Waals surface area contributed by atoms with Gasteiger partial charge in [-0.15, -0.1) is 0 Å². The smallest absolute Gasteiger partial charge is 0.290 e. The quantitative estimate of drug-likeness (QED) is 0.403. The summed E-state index contributed by atoms with van der Waals surface area (Å²) in [6.07, 6.45) is 11.4. The number of carbonyl (C=O) groups excluding carboxylic acids is 1. The van der Waals surface area contributed by atoms with Crippen molar-refractivity contribution in [2.75, 3.05) is 19.6 Å². The fraction of sp³-hybridized carbons (Fsp3) is 0.367. The van der Waals surface area contributed by atoms with Gasteiger partial charge in [0, 0.05) is 18.6 Å². The lowest BCUT2D eigenvalue weighted by Gasteiger charge is -2.41. The second-order valence-corrected chi connectivity index (χ2v) is 9.63. The second kappa shape index (κ2) is 10.9. The first-order chi connectivity index (χ1) is 16.8. The van der Waals surface area contributed by atoms with E-state index < -0.39 is 0 Å². The summed E-state index contributed by atoms with van der Waals surface area (Å²) in [5.41, 5.74) is 2.55. The highest BCUT2D eigenvalue weighted by Gasteiger charge is 2.42. The van der Waals surface area contributed by atoms with Crippen LogP contribution in [0.25, 0.3) is 6.08 Å². The normalized spacial score (nSPS) is 18.2. The van der Waals surface area contributed by atoms with E-state index in [1.54, 1.807) is 12.3 Å². The Bertz CT molecular complexity index is 1050. The molecule has 4 nitrogen and oxygen atoms in total. The summed E-state index contributed by atoms with van der Waals surface area (Å²) >= 11 is 0. The maximum absolute atomic E-state index is 13.5. The lowest BCUT2D eigenvalue weighted by molar-refractivity contribution is 0.0467. The molecule has 2 fully saturated rings. The van der Waals surface area contributed by atoms with Crippen molar-refractivity contribution >= 4 is 12.0 Å². The molecule has 1 aliphatic heterocycles. The third-order valence-corrected chi connectivity index (χ3v) is 7.20. The van der Waals surface area contributed by atoms with Crippen molar-refractivity contribution in [3.05, 3.63) is 102 Å². The molecule has 2 aromatic carbocycles. The predicted octanol–water partition coefficient (Wildman–Crippen LogP) is 5.92. The standard InChI is InChI=1S/C30H34N2O2/c33-30(29-14-8-22-34-29)32(27-15-16-27)28(23-25-11-5-2-6-12-25)26-17-20-31(21-18-26)19-7-13-24-9-3-1-4-10-24/h1-14,22,26-28H,15-21,23H2. The number of furan rings is 1. The number of likely N-dealkylation sites (tertiary alicyclic amines) is 1. The van der Waals surface area contributed by atoms with E-state index in [-0.39, 0.29) is 11.9 Å². The summed E-state index contributed by atoms with van der Waals surface area (Å²) in [7, 11) is 0. The van der Waals surface area contributed by atoms with Crippen LogP contribution in [-0.4, -0.2) is 47.4 Å². The second-order valence-electron chi connectivity index (χ2n) is 9.63. The van der Waals surface area contributed by atoms with E-state index in [1.165, 1.54) is 11.1 Å². The minimum absolute atomic E-state index is 0.0571. The molecule has 0 spiro atoms. The molecule has 1 saturated carbocycles. The molecule has 176 valence electrons. The summed E-state index contributed by atoms with van der Waals surface area (Å²) in [4.78, 5) is 18.2. The predicted molar refractivity (Wildman–Crippen MR) is 136 cm³/mol. The minimum Gasteiger partial charge on any atom is -0.459 e. The van der Waals surface area contributed by atoms with Gasteiger partial charge in [-0.05, 0) is 74.4 Å². The van der Waals surface area contributed by atoms with Crippen molar-refractivity contribution in [3.8, 4) is 0 Å². The molecule has 1 atom stereocenters. The molecule has 2 heterocycles. The largest absolute Gasteiger partial charge is 0.459 e. The molecule has 0 bridgehead atoms. The number of hydrogen-bond donors (Lipinski definition) is 0. The number of benzene rings is 2. The van der Waals surface area contributed by atoms with Crippen molar-refractivity contribution in [2.24, 2.45) is 5.92 Å². The Morgan fingerprint density at radius 1 is 0.941 bits per heavy atom. The molecule has 1 saturated heterocycles. The molecular weight excluding hydrogens is 420 g/mol. The van der Waals surface area contributed by atoms with E-state index >= 15 is 0 Å². The molecule has 0 N–H and O–H groups in total. The van der Waals surface area contributed by atoms with Gasteiger partial charge < -0.3 is 9.32 Å². The number of carbonyl (C=O) groups is 1. The van der Waals surface area contributed by atoms with Gasteiger partial charge in [0.05, 0.1) is 6.26 Å². The Labute approximate surface area is 202 Å². The zero-order valence-corrected chi connectivity index (χ0v) is 19.8. The van der Waals surface area contributed by atoms with Crippen molar-refractivity contribution in [2.45, 2.75) is 44.2 Å². The maximum Gasteiger partial charge on any atom is 0.290 e. The minimum atomic E-state index is 0.0571. The SMILES string of the molecule is O=C(c1ccco1)N(C1CC1)C(Cc1ccccc1)C1CCN(CC=Cc2ccccc2)CC1. The van der Waals surface area contributed by atoms with Crippen LogP contribution in [0.4, 0.5) is 0 Å². The van der Waals surface area contributed by atoms with Gasteiger partial charge in [0.15, 0.2) is 5.76 Å². The Morgan fingerprint density at radius 3 is 2.29 bits per heavy atom. The van der Waals surface area contributed by atoms with Gasteiger partial charge in [-0.2, -0.15) is 0 Å². The molecule has 5 rings (SSSR count). The van der Waals surface area contributed by atoms with Crippen LogP contribution in [0, 0.1) is 5.92 Å². The van der Waals surface area contributed by atoms with Crippen LogP contribution < -0.4 is 0 Å². The van der Waals surface area contributed by atoms with E-state index in [9.17, 15) is 4.79 Å². The van der Waals surface area contributed by atoms with Crippen molar-refractivity contribution in [1.82, 2.24) is 9.80 Å². The van der Waals surface area contributed by atoms with Gasteiger partial charge in [-0.1, -0.05) is 72.8 Å². The third kappa shape index (κ3) is 5.68. The van der Waals surface area contributed by atoms with Gasteiger partial charge in [0.1, 0.15) is 0 Å². The Kier molecular flexibility index (Phi) is 7.25. The van der Waals surface area contributed by atoms with E-state index in [0.29, 0.717) is 17.7 Å². The zero-order valence-electron chi connectivity index (χ0n) is 19.8. The number of rotatable bonds is 9. The van der Waals surface area contributed by atoms with Crippen molar-refractivity contribution in [3.63, 3.8) is 0 Å². The highest BCUT2D eigenvalue weighted by molar-refractivity contribution is 5.92. The van der Waals surface area contributed by atoms with Crippen LogP contribution in [0.1, 0.15) is 47.4 Å². The number of amides is 1. The Hall–Kier alpha value is -3.11. The molecule has 1 aromatic heterocycles. The van der Waals surface area contributed by atoms with Gasteiger partial charge in [-0.25, -0.2) is 0 Å². The summed E-state index contributed by atoms with van der Waals surface area (Å²) < 4.78 is 5.53. The molecule has 1 amide bonds. The molecule has 1 unspecified atom stereocenters. The highest BCUT2D eigenvalue weighted by Crippen LogP contribution is 2.36. The van der Waals surface area contributed by atoms with E-state index in [2.05, 4.69) is 82.6 Å². The lowest BCUT2D eigenvalue weighted by Crippen LogP contribution is -2.50. The van der Waals surface area contributed by atoms with E-state index in [0.717, 1.165) is 51.7 Å². The van der Waals surface area contributed by atoms with Crippen molar-refractivity contribution < 1.29 is 9.21 Å². The lowest BCUT2D eigenvalue weighted by atomic mass is 9.84. The zero-order chi connectivity index (χ0) is 23.2. The fourth-order valence-electron chi connectivity index (χ4n) is 5.24. The van der Waals surface area contributed by atoms with Crippen LogP contribution in [-0.2, 0) is 6.42 Å². The Balaban J connectivity index is 1.28. The number of piperidine rings is 1. The Morgan fingerprint density at radius 2 is 1.65 bits per heavy atom. The van der Waals surface area contributed by atoms with Crippen LogP contribution in [0.3, 0.4) is 0 Å². The van der Waals surface area contributed by atoms with Gasteiger partial charge in [-0.3, -0.25) is 9.69 Å². The highest BCUT2D eigenvalue weighted by atomic mass is 16.3. The van der Waals surface area contributed by atoms with Crippen molar-refractivity contribution in [1.29, 1.82) is 0 Å². The molecule has 3 aromatic rings. The monoisotopic (exact) mass is 454 g/mol. The summed E-state index contributed by atoms with van der Waals surface area (Å²) in [6.45, 7) is 3.12. The summed E-state index contributed by atoms with van der Waals surface area (Å²) in [5.74, 6) is 1.02. The maximum atomic E-state index is 13.5. The first kappa shape index (κ1) is 22.7. The molecule has 4 heteroatoms. The van der Waals surface area contributed by atoms with Crippen LogP contribution in [0.5, 0.6) is 0 Å². The van der Waals surface area contributed by atoms with Gasteiger partial charge in [0.25, 0.3) is 5.91 Å². The molecule has 2 aliphatic rings. The van der Waals surface area contributed by atoms with Gasteiger partial charge >= 0.3 is 0 Å². The topological polar surface area (TPSA) is 36.7 Å². The molecule has 34 heavy (non-hydrogen) atoms. The third-order valence-electron chi connectivity index (χ3n) is 7.20. The van der Waals surface area contributed by atoms with Crippen LogP contribution in [0.15, 0.2) is 89.6 Å². The number of hydrogen-bond acceptors (Lipinski definition) is 3. The van der Waals surface area contributed by atoms with Crippen LogP contribution in [0.2, 0.25) is 0 Å². The first-order valence-electron chi connectivity index (χ1n) is 12.6. The molecule has 0 radical (unpaired) electrons. The van der Waals surface area contributed by atoms with Crippen LogP contribution >= 0.6 is 0 Å². The average molecular weight is 455 g/mol. The molecule has 1 aliphatic carbocycles. The summed E-state index contributed by atoms with van der Waals surface area (Å²) in [6, 6.07) is 25.3. The summed E-state index contributed by atoms with van der Waals surface area (Å²) in [5, 5.41) is 0. The average Bonchev–Trinajstić information content (AvgIpc) is 3.56. The van der Waals surface area contributed by atoms with E-state index in [4.69, 9.17) is 4.42 Å². The van der Waals surface area contributed by atoms with Gasteiger partial charge in [0.2, 0.25) is 0 Å². The first-order valence-corrected chi connectivity index (χ1v) is 12.6.